The molecule has 0 aromatic heterocycles. The smallest absolute Gasteiger partial charge is 0.340 e. The Bertz CT molecular complexity index is 454. The number of hydrogen-bond donors (Lipinski definition) is 0. The third kappa shape index (κ3) is 2.94. The minimum absolute atomic E-state index is 0.0841. The molecule has 1 aromatic carbocycles. The van der Waals surface area contributed by atoms with Gasteiger partial charge >= 0.3 is 5.97 Å². The van der Waals surface area contributed by atoms with Crippen molar-refractivity contribution in [2.75, 3.05) is 13.7 Å². The van der Waals surface area contributed by atoms with Crippen LogP contribution in [0, 0.1) is 0 Å². The monoisotopic (exact) mass is 298 g/mol. The zero-order valence-corrected chi connectivity index (χ0v) is 10.8. The largest absolute Gasteiger partial charge is 0.496 e. The van der Waals surface area contributed by atoms with Gasteiger partial charge in [0, 0.05) is 4.47 Å². The normalized spacial score (nSPS) is 9.53. The number of ether oxygens (including phenoxy) is 2. The lowest BCUT2D eigenvalue weighted by atomic mass is 10.1. The first-order chi connectivity index (χ1) is 8.15. The van der Waals surface area contributed by atoms with Crippen LogP contribution in [0.3, 0.4) is 0 Å². The molecule has 0 bridgehead atoms. The third-order valence-electron chi connectivity index (χ3n) is 2.03. The number of rotatable bonds is 5. The first kappa shape index (κ1) is 13.4. The Balaban J connectivity index is 3.24. The average Bonchev–Trinajstić information content (AvgIpc) is 2.35. The highest BCUT2D eigenvalue weighted by Crippen LogP contribution is 2.28. The lowest BCUT2D eigenvalue weighted by molar-refractivity contribution is 0.0546. The molecule has 0 saturated carbocycles. The van der Waals surface area contributed by atoms with Gasteiger partial charge in [-0.25, -0.2) is 4.79 Å². The zero-order valence-electron chi connectivity index (χ0n) is 9.23. The van der Waals surface area contributed by atoms with E-state index in [4.69, 9.17) is 9.47 Å². The second kappa shape index (κ2) is 6.20. The molecule has 0 aliphatic rings. The molecule has 5 heteroatoms. The quantitative estimate of drug-likeness (QED) is 0.476. The maximum atomic E-state index is 11.8. The molecule has 1 rings (SSSR count). The molecule has 0 fully saturated rings. The lowest BCUT2D eigenvalue weighted by Gasteiger charge is -2.10. The first-order valence-electron chi connectivity index (χ1n) is 4.75. The lowest BCUT2D eigenvalue weighted by Crippen LogP contribution is -2.10. The molecule has 0 aliphatic heterocycles. The van der Waals surface area contributed by atoms with Crippen molar-refractivity contribution >= 4 is 28.2 Å². The molecular weight excluding hydrogens is 288 g/mol. The van der Waals surface area contributed by atoms with Crippen molar-refractivity contribution in [2.45, 2.75) is 0 Å². The molecule has 90 valence electrons. The number of carbonyl (C=O) groups is 2. The summed E-state index contributed by atoms with van der Waals surface area (Å²) in [6, 6.07) is 3.22. The summed E-state index contributed by atoms with van der Waals surface area (Å²) in [5.74, 6) is -0.272. The number of halogens is 1. The number of esters is 1. The van der Waals surface area contributed by atoms with Crippen LogP contribution in [0.5, 0.6) is 5.75 Å². The van der Waals surface area contributed by atoms with Gasteiger partial charge < -0.3 is 9.47 Å². The molecule has 4 nitrogen and oxygen atoms in total. The van der Waals surface area contributed by atoms with Crippen molar-refractivity contribution in [3.8, 4) is 5.75 Å². The van der Waals surface area contributed by atoms with Crippen molar-refractivity contribution in [1.29, 1.82) is 0 Å². The summed E-state index contributed by atoms with van der Waals surface area (Å²) in [5.41, 5.74) is 0.317. The van der Waals surface area contributed by atoms with Gasteiger partial charge in [0.1, 0.15) is 12.4 Å². The van der Waals surface area contributed by atoms with Crippen LogP contribution in [0.25, 0.3) is 0 Å². The van der Waals surface area contributed by atoms with E-state index in [9.17, 15) is 9.59 Å². The van der Waals surface area contributed by atoms with E-state index in [0.717, 1.165) is 0 Å². The van der Waals surface area contributed by atoms with E-state index in [2.05, 4.69) is 22.5 Å². The van der Waals surface area contributed by atoms with Gasteiger partial charge in [-0.15, -0.1) is 0 Å². The van der Waals surface area contributed by atoms with E-state index in [1.165, 1.54) is 13.2 Å². The predicted octanol–water partition coefficient (Wildman–Crippen LogP) is 2.61. The van der Waals surface area contributed by atoms with E-state index in [1.807, 2.05) is 0 Å². The maximum absolute atomic E-state index is 11.8. The van der Waals surface area contributed by atoms with Gasteiger partial charge in [-0.3, -0.25) is 4.79 Å². The van der Waals surface area contributed by atoms with E-state index < -0.39 is 5.97 Å². The van der Waals surface area contributed by atoms with Crippen LogP contribution in [-0.2, 0) is 4.74 Å². The van der Waals surface area contributed by atoms with Gasteiger partial charge in [-0.05, 0) is 28.1 Å². The predicted molar refractivity (Wildman–Crippen MR) is 66.6 cm³/mol. The molecule has 1 aromatic rings. The molecule has 0 heterocycles. The maximum Gasteiger partial charge on any atom is 0.340 e. The van der Waals surface area contributed by atoms with E-state index in [1.54, 1.807) is 12.1 Å². The number of aldehydes is 1. The highest BCUT2D eigenvalue weighted by molar-refractivity contribution is 9.10. The summed E-state index contributed by atoms with van der Waals surface area (Å²) in [5, 5.41) is 0. The van der Waals surface area contributed by atoms with Gasteiger partial charge in [0.05, 0.1) is 18.2 Å². The van der Waals surface area contributed by atoms with E-state index >= 15 is 0 Å². The summed E-state index contributed by atoms with van der Waals surface area (Å²) in [6.07, 6.45) is 2.01. The molecule has 0 N–H and O–H groups in total. The van der Waals surface area contributed by atoms with Crippen LogP contribution in [0.1, 0.15) is 20.7 Å². The van der Waals surface area contributed by atoms with Gasteiger partial charge in [0.2, 0.25) is 0 Å². The van der Waals surface area contributed by atoms with Crippen LogP contribution in [-0.4, -0.2) is 26.0 Å². The van der Waals surface area contributed by atoms with Crippen LogP contribution >= 0.6 is 15.9 Å². The highest BCUT2D eigenvalue weighted by Gasteiger charge is 2.19. The zero-order chi connectivity index (χ0) is 12.8. The van der Waals surface area contributed by atoms with Gasteiger partial charge in [0.15, 0.2) is 6.29 Å². The molecule has 0 atom stereocenters. The summed E-state index contributed by atoms with van der Waals surface area (Å²) in [7, 11) is 1.43. The minimum atomic E-state index is -0.599. The highest BCUT2D eigenvalue weighted by atomic mass is 79.9. The van der Waals surface area contributed by atoms with Crippen molar-refractivity contribution in [3.05, 3.63) is 40.4 Å². The van der Waals surface area contributed by atoms with Crippen molar-refractivity contribution in [2.24, 2.45) is 0 Å². The Morgan fingerprint density at radius 3 is 2.76 bits per heavy atom. The summed E-state index contributed by atoms with van der Waals surface area (Å²) in [4.78, 5) is 22.8. The van der Waals surface area contributed by atoms with Crippen LogP contribution in [0.2, 0.25) is 0 Å². The second-order valence-corrected chi connectivity index (χ2v) is 3.90. The van der Waals surface area contributed by atoms with E-state index in [-0.39, 0.29) is 17.7 Å². The fraction of sp³-hybridized carbons (Fsp3) is 0.167. The fourth-order valence-corrected chi connectivity index (χ4v) is 1.79. The van der Waals surface area contributed by atoms with Crippen LogP contribution in [0.4, 0.5) is 0 Å². The molecular formula is C12H11BrO4. The number of methoxy groups -OCH3 is 1. The summed E-state index contributed by atoms with van der Waals surface area (Å²) in [6.45, 7) is 3.53. The molecule has 0 aliphatic carbocycles. The average molecular weight is 299 g/mol. The Hall–Kier alpha value is -1.62. The van der Waals surface area contributed by atoms with Crippen LogP contribution < -0.4 is 4.74 Å². The topological polar surface area (TPSA) is 52.6 Å². The van der Waals surface area contributed by atoms with Crippen molar-refractivity contribution < 1.29 is 19.1 Å². The first-order valence-corrected chi connectivity index (χ1v) is 5.54. The van der Waals surface area contributed by atoms with Gasteiger partial charge in [0.25, 0.3) is 0 Å². The minimum Gasteiger partial charge on any atom is -0.496 e. The van der Waals surface area contributed by atoms with Crippen molar-refractivity contribution in [1.82, 2.24) is 0 Å². The summed E-state index contributed by atoms with van der Waals surface area (Å²) >= 11 is 3.20. The van der Waals surface area contributed by atoms with Crippen LogP contribution in [0.15, 0.2) is 29.3 Å². The molecule has 0 spiro atoms. The molecule has 0 amide bonds. The van der Waals surface area contributed by atoms with E-state index in [0.29, 0.717) is 16.5 Å². The van der Waals surface area contributed by atoms with Gasteiger partial charge in [-0.1, -0.05) is 12.7 Å². The molecule has 0 saturated heterocycles. The SMILES string of the molecule is C=CCOC(=O)c1c(Br)ccc(OC)c1C=O. The number of carbonyl (C=O) groups excluding carboxylic acids is 2. The van der Waals surface area contributed by atoms with Gasteiger partial charge in [-0.2, -0.15) is 0 Å². The Morgan fingerprint density at radius 2 is 2.24 bits per heavy atom. The molecule has 17 heavy (non-hydrogen) atoms. The van der Waals surface area contributed by atoms with Crippen molar-refractivity contribution in [3.63, 3.8) is 0 Å². The number of hydrogen-bond acceptors (Lipinski definition) is 4. The number of benzene rings is 1. The fourth-order valence-electron chi connectivity index (χ4n) is 1.28. The Labute approximate surface area is 107 Å². The Kier molecular flexibility index (Phi) is 4.90. The standard InChI is InChI=1S/C12H11BrO4/c1-3-6-17-12(15)11-8(7-14)10(16-2)5-4-9(11)13/h3-5,7H,1,6H2,2H3. The molecule has 0 radical (unpaired) electrons. The Morgan fingerprint density at radius 1 is 1.53 bits per heavy atom. The second-order valence-electron chi connectivity index (χ2n) is 3.04. The summed E-state index contributed by atoms with van der Waals surface area (Å²) < 4.78 is 10.4. The third-order valence-corrected chi connectivity index (χ3v) is 2.69. The molecule has 0 unspecified atom stereocenters.